The third kappa shape index (κ3) is 4.79. The van der Waals surface area contributed by atoms with Crippen LogP contribution in [0.1, 0.15) is 23.2 Å². The predicted molar refractivity (Wildman–Crippen MR) is 121 cm³/mol. The summed E-state index contributed by atoms with van der Waals surface area (Å²) in [6.45, 7) is 1.95. The van der Waals surface area contributed by atoms with E-state index < -0.39 is 23.0 Å². The number of carbonyl (C=O) groups excluding carboxylic acids is 1. The number of carbonyl (C=O) groups is 1. The fourth-order valence-electron chi connectivity index (χ4n) is 3.14. The molecule has 2 aromatic heterocycles. The lowest BCUT2D eigenvalue weighted by Gasteiger charge is -2.09. The van der Waals surface area contributed by atoms with Crippen molar-refractivity contribution in [3.05, 3.63) is 91.7 Å². The standard InChI is InChI=1S/C22H18ClFN6O4/c1-2-29-21(32)17(27-30(22(29)33)16-9-7-15(24)8-10-16)18-26-20(34-28-18)19(31)25-12-11-13-3-5-14(23)6-4-13/h3-10H,2,11-12H2,1H3,(H,25,31). The Balaban J connectivity index is 1.58. The van der Waals surface area contributed by atoms with E-state index in [0.29, 0.717) is 18.0 Å². The minimum atomic E-state index is -0.749. The van der Waals surface area contributed by atoms with Crippen LogP contribution >= 0.6 is 11.6 Å². The van der Waals surface area contributed by atoms with Gasteiger partial charge >= 0.3 is 17.5 Å². The highest BCUT2D eigenvalue weighted by molar-refractivity contribution is 6.30. The van der Waals surface area contributed by atoms with Crippen LogP contribution in [-0.2, 0) is 13.0 Å². The van der Waals surface area contributed by atoms with Crippen LogP contribution in [0.4, 0.5) is 4.39 Å². The number of rotatable bonds is 7. The van der Waals surface area contributed by atoms with Crippen LogP contribution in [0.15, 0.2) is 62.6 Å². The number of hydrogen-bond donors (Lipinski definition) is 1. The molecule has 4 aromatic rings. The van der Waals surface area contributed by atoms with Crippen LogP contribution in [0, 0.1) is 5.82 Å². The summed E-state index contributed by atoms with van der Waals surface area (Å²) in [5.41, 5.74) is -0.551. The Morgan fingerprint density at radius 2 is 1.82 bits per heavy atom. The van der Waals surface area contributed by atoms with Gasteiger partial charge in [-0.2, -0.15) is 14.8 Å². The molecule has 0 aliphatic rings. The lowest BCUT2D eigenvalue weighted by Crippen LogP contribution is -2.41. The van der Waals surface area contributed by atoms with Gasteiger partial charge in [0.2, 0.25) is 5.82 Å². The van der Waals surface area contributed by atoms with Gasteiger partial charge in [0.25, 0.3) is 5.56 Å². The lowest BCUT2D eigenvalue weighted by atomic mass is 10.1. The zero-order valence-corrected chi connectivity index (χ0v) is 18.6. The highest BCUT2D eigenvalue weighted by Gasteiger charge is 2.22. The number of nitrogens with zero attached hydrogens (tertiary/aromatic N) is 5. The smallest absolute Gasteiger partial charge is 0.347 e. The van der Waals surface area contributed by atoms with Crippen LogP contribution < -0.4 is 16.6 Å². The van der Waals surface area contributed by atoms with E-state index in [4.69, 9.17) is 16.1 Å². The molecule has 0 aliphatic carbocycles. The van der Waals surface area contributed by atoms with Crippen molar-refractivity contribution in [1.29, 1.82) is 0 Å². The van der Waals surface area contributed by atoms with Crippen molar-refractivity contribution in [2.24, 2.45) is 0 Å². The van der Waals surface area contributed by atoms with Gasteiger partial charge in [0.1, 0.15) is 5.82 Å². The fraction of sp³-hybridized carbons (Fsp3) is 0.182. The van der Waals surface area contributed by atoms with E-state index in [2.05, 4.69) is 20.6 Å². The molecule has 0 spiro atoms. The van der Waals surface area contributed by atoms with Crippen molar-refractivity contribution in [1.82, 2.24) is 29.8 Å². The first kappa shape index (κ1) is 23.1. The predicted octanol–water partition coefficient (Wildman–Crippen LogP) is 2.23. The maximum atomic E-state index is 13.3. The molecule has 0 fully saturated rings. The minimum absolute atomic E-state index is 0.0459. The molecule has 0 unspecified atom stereocenters. The van der Waals surface area contributed by atoms with Crippen LogP contribution in [-0.4, -0.2) is 36.9 Å². The topological polar surface area (TPSA) is 125 Å². The van der Waals surface area contributed by atoms with Gasteiger partial charge in [0.15, 0.2) is 5.69 Å². The first-order valence-corrected chi connectivity index (χ1v) is 10.6. The average Bonchev–Trinajstić information content (AvgIpc) is 3.32. The highest BCUT2D eigenvalue weighted by Crippen LogP contribution is 2.12. The number of halogens is 2. The molecule has 10 nitrogen and oxygen atoms in total. The quantitative estimate of drug-likeness (QED) is 0.426. The molecule has 174 valence electrons. The Morgan fingerprint density at radius 1 is 1.12 bits per heavy atom. The van der Waals surface area contributed by atoms with E-state index >= 15 is 0 Å². The highest BCUT2D eigenvalue weighted by atomic mass is 35.5. The molecule has 2 heterocycles. The van der Waals surface area contributed by atoms with Gasteiger partial charge in [-0.15, -0.1) is 0 Å². The Hall–Kier alpha value is -4.12. The number of benzene rings is 2. The fourth-order valence-corrected chi connectivity index (χ4v) is 3.27. The molecule has 1 amide bonds. The van der Waals surface area contributed by atoms with Crippen molar-refractivity contribution in [2.75, 3.05) is 6.54 Å². The summed E-state index contributed by atoms with van der Waals surface area (Å²) in [6.07, 6.45) is 0.551. The summed E-state index contributed by atoms with van der Waals surface area (Å²) in [4.78, 5) is 41.8. The second-order valence-electron chi connectivity index (χ2n) is 7.12. The third-order valence-corrected chi connectivity index (χ3v) is 5.14. The van der Waals surface area contributed by atoms with E-state index in [9.17, 15) is 18.8 Å². The molecule has 0 radical (unpaired) electrons. The van der Waals surface area contributed by atoms with Crippen LogP contribution in [0.2, 0.25) is 5.02 Å². The van der Waals surface area contributed by atoms with E-state index in [0.717, 1.165) is 26.9 Å². The third-order valence-electron chi connectivity index (χ3n) is 4.89. The second-order valence-corrected chi connectivity index (χ2v) is 7.56. The van der Waals surface area contributed by atoms with Crippen LogP contribution in [0.3, 0.4) is 0 Å². The SMILES string of the molecule is CCn1c(=O)c(-c2noc(C(=O)NCCc3ccc(Cl)cc3)n2)nn(-c2ccc(F)cc2)c1=O. The summed E-state index contributed by atoms with van der Waals surface area (Å²) >= 11 is 5.86. The number of amides is 1. The van der Waals surface area contributed by atoms with Gasteiger partial charge < -0.3 is 9.84 Å². The summed E-state index contributed by atoms with van der Waals surface area (Å²) in [6, 6.07) is 12.2. The van der Waals surface area contributed by atoms with E-state index in [-0.39, 0.29) is 29.6 Å². The normalized spacial score (nSPS) is 10.9. The van der Waals surface area contributed by atoms with Crippen LogP contribution in [0.25, 0.3) is 17.2 Å². The molecule has 0 bridgehead atoms. The summed E-state index contributed by atoms with van der Waals surface area (Å²) in [5.74, 6) is -1.75. The molecule has 12 heteroatoms. The van der Waals surface area contributed by atoms with Crippen molar-refractivity contribution >= 4 is 17.5 Å². The Kier molecular flexibility index (Phi) is 6.64. The molecular weight excluding hydrogens is 467 g/mol. The summed E-state index contributed by atoms with van der Waals surface area (Å²) in [5, 5.41) is 11.0. The molecule has 4 rings (SSSR count). The molecular formula is C22H18ClFN6O4. The van der Waals surface area contributed by atoms with Gasteiger partial charge in [-0.25, -0.2) is 9.18 Å². The Morgan fingerprint density at radius 3 is 2.50 bits per heavy atom. The molecule has 0 atom stereocenters. The zero-order chi connectivity index (χ0) is 24.2. The Bertz CT molecular complexity index is 1440. The van der Waals surface area contributed by atoms with Crippen molar-refractivity contribution in [2.45, 2.75) is 19.9 Å². The van der Waals surface area contributed by atoms with Gasteiger partial charge in [-0.05, 0) is 55.3 Å². The van der Waals surface area contributed by atoms with Gasteiger partial charge in [-0.1, -0.05) is 28.9 Å². The number of nitrogens with one attached hydrogen (secondary N) is 1. The van der Waals surface area contributed by atoms with Crippen molar-refractivity contribution in [3.8, 4) is 17.2 Å². The maximum Gasteiger partial charge on any atom is 0.352 e. The molecule has 2 aromatic carbocycles. The first-order valence-electron chi connectivity index (χ1n) is 10.2. The Labute approximate surface area is 196 Å². The number of aromatic nitrogens is 5. The molecule has 34 heavy (non-hydrogen) atoms. The lowest BCUT2D eigenvalue weighted by molar-refractivity contribution is 0.0910. The average molecular weight is 485 g/mol. The van der Waals surface area contributed by atoms with E-state index in [1.165, 1.54) is 12.1 Å². The van der Waals surface area contributed by atoms with Gasteiger partial charge in [0.05, 0.1) is 5.69 Å². The second kappa shape index (κ2) is 9.79. The van der Waals surface area contributed by atoms with Crippen molar-refractivity contribution in [3.63, 3.8) is 0 Å². The molecule has 0 saturated carbocycles. The number of hydrogen-bond acceptors (Lipinski definition) is 7. The van der Waals surface area contributed by atoms with Gasteiger partial charge in [-0.3, -0.25) is 14.2 Å². The zero-order valence-electron chi connectivity index (χ0n) is 17.9. The summed E-state index contributed by atoms with van der Waals surface area (Å²) in [7, 11) is 0. The maximum absolute atomic E-state index is 13.3. The van der Waals surface area contributed by atoms with Gasteiger partial charge in [0, 0.05) is 18.1 Å². The first-order chi connectivity index (χ1) is 16.4. The van der Waals surface area contributed by atoms with Crippen LogP contribution in [0.5, 0.6) is 0 Å². The molecule has 0 saturated heterocycles. The van der Waals surface area contributed by atoms with Crippen molar-refractivity contribution < 1.29 is 13.7 Å². The molecule has 1 N–H and O–H groups in total. The largest absolute Gasteiger partial charge is 0.352 e. The molecule has 0 aliphatic heterocycles. The summed E-state index contributed by atoms with van der Waals surface area (Å²) < 4.78 is 20.2. The monoisotopic (exact) mass is 484 g/mol. The van der Waals surface area contributed by atoms with E-state index in [1.54, 1.807) is 19.1 Å². The minimum Gasteiger partial charge on any atom is -0.347 e. The van der Waals surface area contributed by atoms with E-state index in [1.807, 2.05) is 12.1 Å².